The topological polar surface area (TPSA) is 66.0 Å². The Bertz CT molecular complexity index is 442. The van der Waals surface area contributed by atoms with Crippen molar-refractivity contribution >= 4 is 11.9 Å². The van der Waals surface area contributed by atoms with Crippen molar-refractivity contribution in [3.05, 3.63) is 0 Å². The lowest BCUT2D eigenvalue weighted by atomic mass is 9.87. The Labute approximate surface area is 139 Å². The van der Waals surface area contributed by atoms with Crippen molar-refractivity contribution in [2.45, 2.75) is 51.5 Å². The van der Waals surface area contributed by atoms with Gasteiger partial charge in [0.2, 0.25) is 5.91 Å². The smallest absolute Gasteiger partial charge is 0.220 e. The summed E-state index contributed by atoms with van der Waals surface area (Å²) in [5.74, 6) is 1.18. The zero-order valence-corrected chi connectivity index (χ0v) is 14.3. The maximum absolute atomic E-state index is 11.7. The number of amides is 1. The van der Waals surface area contributed by atoms with Crippen molar-refractivity contribution in [3.8, 4) is 0 Å². The van der Waals surface area contributed by atoms with Gasteiger partial charge in [0.15, 0.2) is 5.96 Å². The third-order valence-electron chi connectivity index (χ3n) is 5.02. The second-order valence-electron chi connectivity index (χ2n) is 7.16. The molecular formula is C17H30N4O2. The van der Waals surface area contributed by atoms with Crippen LogP contribution in [0.1, 0.15) is 45.4 Å². The fraction of sp³-hybridized carbons (Fsp3) is 0.882. The Morgan fingerprint density at radius 3 is 2.96 bits per heavy atom. The van der Waals surface area contributed by atoms with Crippen LogP contribution < -0.4 is 10.6 Å². The molecule has 2 saturated heterocycles. The van der Waals surface area contributed by atoms with Crippen molar-refractivity contribution in [1.82, 2.24) is 15.5 Å². The van der Waals surface area contributed by atoms with Gasteiger partial charge in [0.1, 0.15) is 0 Å². The minimum atomic E-state index is 0.177. The molecule has 23 heavy (non-hydrogen) atoms. The molecule has 1 unspecified atom stereocenters. The fourth-order valence-electron chi connectivity index (χ4n) is 3.47. The van der Waals surface area contributed by atoms with E-state index in [1.807, 2.05) is 0 Å². The minimum Gasteiger partial charge on any atom is -0.381 e. The van der Waals surface area contributed by atoms with Gasteiger partial charge in [0.05, 0.1) is 6.61 Å². The van der Waals surface area contributed by atoms with E-state index in [0.29, 0.717) is 24.4 Å². The molecule has 130 valence electrons. The normalized spacial score (nSPS) is 27.7. The Morgan fingerprint density at radius 1 is 1.39 bits per heavy atom. The van der Waals surface area contributed by atoms with Crippen molar-refractivity contribution in [1.29, 1.82) is 0 Å². The summed E-state index contributed by atoms with van der Waals surface area (Å²) in [4.78, 5) is 18.8. The summed E-state index contributed by atoms with van der Waals surface area (Å²) in [7, 11) is 0. The van der Waals surface area contributed by atoms with Gasteiger partial charge in [0.25, 0.3) is 0 Å². The third-order valence-corrected chi connectivity index (χ3v) is 5.02. The highest BCUT2D eigenvalue weighted by Crippen LogP contribution is 2.38. The van der Waals surface area contributed by atoms with Crippen LogP contribution in [0.3, 0.4) is 0 Å². The maximum atomic E-state index is 11.7. The molecule has 6 heteroatoms. The van der Waals surface area contributed by atoms with E-state index in [4.69, 9.17) is 9.73 Å². The summed E-state index contributed by atoms with van der Waals surface area (Å²) in [6, 6.07) is 0.456. The number of carbonyl (C=O) groups is 1. The second kappa shape index (κ2) is 7.51. The van der Waals surface area contributed by atoms with Gasteiger partial charge in [0, 0.05) is 50.7 Å². The first kappa shape index (κ1) is 16.6. The highest BCUT2D eigenvalue weighted by Gasteiger charge is 2.42. The summed E-state index contributed by atoms with van der Waals surface area (Å²) in [6.07, 6.45) is 6.06. The van der Waals surface area contributed by atoms with E-state index >= 15 is 0 Å². The Morgan fingerprint density at radius 2 is 2.26 bits per heavy atom. The number of likely N-dealkylation sites (tertiary alicyclic amines) is 1. The predicted molar refractivity (Wildman–Crippen MR) is 90.4 cm³/mol. The number of hydrogen-bond donors (Lipinski definition) is 2. The van der Waals surface area contributed by atoms with E-state index in [-0.39, 0.29) is 5.91 Å². The molecule has 6 nitrogen and oxygen atoms in total. The summed E-state index contributed by atoms with van der Waals surface area (Å²) in [5, 5.41) is 6.42. The molecule has 0 aromatic carbocycles. The van der Waals surface area contributed by atoms with E-state index in [1.54, 1.807) is 0 Å². The van der Waals surface area contributed by atoms with Crippen LogP contribution in [0.15, 0.2) is 4.99 Å². The van der Waals surface area contributed by atoms with E-state index in [9.17, 15) is 4.79 Å². The quantitative estimate of drug-likeness (QED) is 0.437. The molecule has 1 saturated carbocycles. The lowest BCUT2D eigenvalue weighted by Gasteiger charge is -2.25. The van der Waals surface area contributed by atoms with Gasteiger partial charge in [-0.15, -0.1) is 0 Å². The number of nitrogens with one attached hydrogen (secondary N) is 2. The molecule has 0 aromatic heterocycles. The largest absolute Gasteiger partial charge is 0.381 e. The van der Waals surface area contributed by atoms with Gasteiger partial charge in [-0.2, -0.15) is 0 Å². The molecule has 0 bridgehead atoms. The van der Waals surface area contributed by atoms with Crippen LogP contribution in [0, 0.1) is 5.41 Å². The fourth-order valence-corrected chi connectivity index (χ4v) is 3.47. The predicted octanol–water partition coefficient (Wildman–Crippen LogP) is 1.12. The van der Waals surface area contributed by atoms with E-state index < -0.39 is 0 Å². The molecule has 2 N–H and O–H groups in total. The Hall–Kier alpha value is -1.30. The van der Waals surface area contributed by atoms with Gasteiger partial charge in [-0.3, -0.25) is 9.79 Å². The number of nitrogens with zero attached hydrogens (tertiary/aromatic N) is 2. The van der Waals surface area contributed by atoms with Gasteiger partial charge in [-0.25, -0.2) is 0 Å². The second-order valence-corrected chi connectivity index (χ2v) is 7.16. The first-order valence-electron chi connectivity index (χ1n) is 9.11. The van der Waals surface area contributed by atoms with Gasteiger partial charge < -0.3 is 20.3 Å². The summed E-state index contributed by atoms with van der Waals surface area (Å²) >= 11 is 0. The van der Waals surface area contributed by atoms with Crippen molar-refractivity contribution < 1.29 is 9.53 Å². The molecule has 1 spiro atoms. The molecule has 2 heterocycles. The number of hydrogen-bond acceptors (Lipinski definition) is 3. The van der Waals surface area contributed by atoms with Gasteiger partial charge in [-0.05, 0) is 39.0 Å². The number of guanidine groups is 1. The molecule has 2 aliphatic heterocycles. The first-order valence-corrected chi connectivity index (χ1v) is 9.11. The van der Waals surface area contributed by atoms with E-state index in [0.717, 1.165) is 58.1 Å². The lowest BCUT2D eigenvalue weighted by Crippen LogP contribution is -2.41. The van der Waals surface area contributed by atoms with Crippen LogP contribution in [0.2, 0.25) is 0 Å². The zero-order chi connectivity index (χ0) is 16.1. The molecule has 3 fully saturated rings. The highest BCUT2D eigenvalue weighted by atomic mass is 16.5. The molecule has 3 rings (SSSR count). The van der Waals surface area contributed by atoms with Crippen LogP contribution >= 0.6 is 0 Å². The molecule has 0 radical (unpaired) electrons. The van der Waals surface area contributed by atoms with Crippen LogP contribution in [0.25, 0.3) is 0 Å². The van der Waals surface area contributed by atoms with Crippen LogP contribution in [0.5, 0.6) is 0 Å². The average Bonchev–Trinajstić information content (AvgIpc) is 3.09. The van der Waals surface area contributed by atoms with Crippen LogP contribution in [0.4, 0.5) is 0 Å². The zero-order valence-electron chi connectivity index (χ0n) is 14.3. The SMILES string of the molecule is CCNC(=NCCCC(=O)NC1CC1)N1CCC2(CCOC2)C1. The monoisotopic (exact) mass is 322 g/mol. The molecule has 1 amide bonds. The Balaban J connectivity index is 1.44. The number of rotatable bonds is 6. The van der Waals surface area contributed by atoms with Crippen LogP contribution in [-0.4, -0.2) is 62.2 Å². The van der Waals surface area contributed by atoms with Crippen molar-refractivity contribution in [2.24, 2.45) is 10.4 Å². The lowest BCUT2D eigenvalue weighted by molar-refractivity contribution is -0.121. The number of ether oxygens (including phenoxy) is 1. The summed E-state index contributed by atoms with van der Waals surface area (Å²) < 4.78 is 5.60. The molecular weight excluding hydrogens is 292 g/mol. The Kier molecular flexibility index (Phi) is 5.41. The maximum Gasteiger partial charge on any atom is 0.220 e. The number of aliphatic imine (C=N–C) groups is 1. The van der Waals surface area contributed by atoms with Crippen LogP contribution in [-0.2, 0) is 9.53 Å². The first-order chi connectivity index (χ1) is 11.2. The van der Waals surface area contributed by atoms with E-state index in [1.165, 1.54) is 12.8 Å². The average molecular weight is 322 g/mol. The molecule has 1 atom stereocenters. The summed E-state index contributed by atoms with van der Waals surface area (Å²) in [5.41, 5.74) is 0.348. The van der Waals surface area contributed by atoms with Gasteiger partial charge >= 0.3 is 0 Å². The highest BCUT2D eigenvalue weighted by molar-refractivity contribution is 5.80. The standard InChI is InChI=1S/C17H30N4O2/c1-2-18-16(19-9-3-4-15(22)20-14-5-6-14)21-10-7-17(12-21)8-11-23-13-17/h14H,2-13H2,1H3,(H,18,19)(H,20,22). The summed E-state index contributed by atoms with van der Waals surface area (Å²) in [6.45, 7) is 7.57. The molecule has 3 aliphatic rings. The van der Waals surface area contributed by atoms with Gasteiger partial charge in [-0.1, -0.05) is 0 Å². The third kappa shape index (κ3) is 4.59. The molecule has 0 aromatic rings. The minimum absolute atomic E-state index is 0.177. The van der Waals surface area contributed by atoms with Crippen molar-refractivity contribution in [2.75, 3.05) is 39.4 Å². The number of carbonyl (C=O) groups excluding carboxylic acids is 1. The van der Waals surface area contributed by atoms with Crippen molar-refractivity contribution in [3.63, 3.8) is 0 Å². The van der Waals surface area contributed by atoms with E-state index in [2.05, 4.69) is 22.5 Å². The molecule has 1 aliphatic carbocycles.